The van der Waals surface area contributed by atoms with Gasteiger partial charge in [0.2, 0.25) is 0 Å². The number of rotatable bonds is 3. The van der Waals surface area contributed by atoms with E-state index in [1.54, 1.807) is 0 Å². The average Bonchev–Trinajstić information content (AvgIpc) is 3.04. The van der Waals surface area contributed by atoms with E-state index in [4.69, 9.17) is 10.5 Å². The Labute approximate surface area is 103 Å². The molecule has 2 aromatic rings. The zero-order valence-electron chi connectivity index (χ0n) is 9.31. The summed E-state index contributed by atoms with van der Waals surface area (Å²) in [5.74, 6) is 0.389. The van der Waals surface area contributed by atoms with Crippen LogP contribution in [-0.4, -0.2) is 12.6 Å². The van der Waals surface area contributed by atoms with Crippen LogP contribution in [0.1, 0.15) is 22.5 Å². The Morgan fingerprint density at radius 2 is 2.24 bits per heavy atom. The molecule has 0 atom stereocenters. The van der Waals surface area contributed by atoms with Crippen LogP contribution in [0.25, 0.3) is 10.1 Å². The molecule has 1 heterocycles. The normalized spacial score (nSPS) is 15.1. The van der Waals surface area contributed by atoms with E-state index in [9.17, 15) is 4.79 Å². The molecule has 88 valence electrons. The minimum absolute atomic E-state index is 0.211. The molecule has 0 bridgehead atoms. The van der Waals surface area contributed by atoms with Gasteiger partial charge in [-0.15, -0.1) is 11.3 Å². The molecule has 1 aromatic carbocycles. The monoisotopic (exact) mass is 247 g/mol. The maximum atomic E-state index is 11.8. The summed E-state index contributed by atoms with van der Waals surface area (Å²) in [4.78, 5) is 12.4. The summed E-state index contributed by atoms with van der Waals surface area (Å²) in [6.45, 7) is 0.565. The number of carbonyl (C=O) groups is 1. The fraction of sp³-hybridized carbons (Fsp3) is 0.308. The third kappa shape index (κ3) is 2.26. The molecule has 1 aliphatic rings. The van der Waals surface area contributed by atoms with Crippen LogP contribution >= 0.6 is 11.3 Å². The SMILES string of the molecule is Nc1ccc2sc(C(=O)OCC3CC3)cc2c1. The number of nitrogens with two attached hydrogens (primary N) is 1. The van der Waals surface area contributed by atoms with Gasteiger partial charge in [-0.3, -0.25) is 0 Å². The Kier molecular flexibility index (Phi) is 2.52. The molecule has 0 saturated heterocycles. The Morgan fingerprint density at radius 1 is 1.41 bits per heavy atom. The van der Waals surface area contributed by atoms with E-state index >= 15 is 0 Å². The van der Waals surface area contributed by atoms with Gasteiger partial charge in [0, 0.05) is 10.4 Å². The van der Waals surface area contributed by atoms with Crippen molar-refractivity contribution in [2.75, 3.05) is 12.3 Å². The molecule has 1 aromatic heterocycles. The van der Waals surface area contributed by atoms with Crippen molar-refractivity contribution in [3.63, 3.8) is 0 Å². The van der Waals surface area contributed by atoms with Crippen LogP contribution < -0.4 is 5.73 Å². The Balaban J connectivity index is 1.81. The Bertz CT molecular complexity index is 572. The quantitative estimate of drug-likeness (QED) is 0.670. The minimum atomic E-state index is -0.211. The number of thiophene rings is 1. The Morgan fingerprint density at radius 3 is 3.00 bits per heavy atom. The number of anilines is 1. The summed E-state index contributed by atoms with van der Waals surface area (Å²) in [6.07, 6.45) is 2.38. The molecule has 3 nitrogen and oxygen atoms in total. The summed E-state index contributed by atoms with van der Waals surface area (Å²) < 4.78 is 6.32. The van der Waals surface area contributed by atoms with Crippen LogP contribution in [0.4, 0.5) is 5.69 Å². The molecule has 0 amide bonds. The van der Waals surface area contributed by atoms with Gasteiger partial charge in [-0.05, 0) is 48.4 Å². The highest BCUT2D eigenvalue weighted by Gasteiger charge is 2.23. The number of hydrogen-bond acceptors (Lipinski definition) is 4. The number of nitrogen functional groups attached to an aromatic ring is 1. The van der Waals surface area contributed by atoms with Crippen LogP contribution in [0.3, 0.4) is 0 Å². The predicted molar refractivity (Wildman–Crippen MR) is 69.2 cm³/mol. The molecule has 0 spiro atoms. The lowest BCUT2D eigenvalue weighted by Crippen LogP contribution is -2.05. The first-order valence-electron chi connectivity index (χ1n) is 5.68. The number of carbonyl (C=O) groups excluding carboxylic acids is 1. The van der Waals surface area contributed by atoms with E-state index in [0.717, 1.165) is 10.1 Å². The van der Waals surface area contributed by atoms with Gasteiger partial charge in [0.25, 0.3) is 0 Å². The van der Waals surface area contributed by atoms with Crippen LogP contribution in [0.2, 0.25) is 0 Å². The summed E-state index contributed by atoms with van der Waals surface area (Å²) in [6, 6.07) is 7.51. The van der Waals surface area contributed by atoms with Crippen molar-refractivity contribution in [3.8, 4) is 0 Å². The van der Waals surface area contributed by atoms with Crippen molar-refractivity contribution >= 4 is 33.1 Å². The summed E-state index contributed by atoms with van der Waals surface area (Å²) in [7, 11) is 0. The zero-order chi connectivity index (χ0) is 11.8. The maximum Gasteiger partial charge on any atom is 0.348 e. The fourth-order valence-corrected chi connectivity index (χ4v) is 2.65. The van der Waals surface area contributed by atoms with Crippen LogP contribution in [0.15, 0.2) is 24.3 Å². The van der Waals surface area contributed by atoms with Gasteiger partial charge < -0.3 is 10.5 Å². The molecule has 0 radical (unpaired) electrons. The van der Waals surface area contributed by atoms with Crippen molar-refractivity contribution in [1.29, 1.82) is 0 Å². The molecular formula is C13H13NO2S. The van der Waals surface area contributed by atoms with Gasteiger partial charge in [-0.1, -0.05) is 0 Å². The summed E-state index contributed by atoms with van der Waals surface area (Å²) in [5.41, 5.74) is 6.42. The highest BCUT2D eigenvalue weighted by Crippen LogP contribution is 2.31. The van der Waals surface area contributed by atoms with Gasteiger partial charge in [0.15, 0.2) is 0 Å². The number of hydrogen-bond donors (Lipinski definition) is 1. The van der Waals surface area contributed by atoms with E-state index in [1.807, 2.05) is 24.3 Å². The lowest BCUT2D eigenvalue weighted by molar-refractivity contribution is 0.0492. The lowest BCUT2D eigenvalue weighted by Gasteiger charge is -1.99. The highest BCUT2D eigenvalue weighted by molar-refractivity contribution is 7.20. The lowest BCUT2D eigenvalue weighted by atomic mass is 10.2. The second-order valence-corrected chi connectivity index (χ2v) is 5.53. The number of benzene rings is 1. The predicted octanol–water partition coefficient (Wildman–Crippen LogP) is 3.05. The molecule has 1 saturated carbocycles. The second kappa shape index (κ2) is 4.04. The standard InChI is InChI=1S/C13H13NO2S/c14-10-3-4-11-9(5-10)6-12(17-11)13(15)16-7-8-1-2-8/h3-6,8H,1-2,7,14H2. The number of esters is 1. The van der Waals surface area contributed by atoms with E-state index in [0.29, 0.717) is 23.1 Å². The summed E-state index contributed by atoms with van der Waals surface area (Å²) >= 11 is 1.46. The van der Waals surface area contributed by atoms with E-state index in [2.05, 4.69) is 0 Å². The Hall–Kier alpha value is -1.55. The van der Waals surface area contributed by atoms with Crippen molar-refractivity contribution in [1.82, 2.24) is 0 Å². The van der Waals surface area contributed by atoms with Crippen molar-refractivity contribution < 1.29 is 9.53 Å². The van der Waals surface area contributed by atoms with E-state index < -0.39 is 0 Å². The van der Waals surface area contributed by atoms with Gasteiger partial charge in [0.1, 0.15) is 4.88 Å². The molecule has 4 heteroatoms. The van der Waals surface area contributed by atoms with Crippen LogP contribution in [0.5, 0.6) is 0 Å². The van der Waals surface area contributed by atoms with Gasteiger partial charge in [0.05, 0.1) is 6.61 Å². The van der Waals surface area contributed by atoms with Crippen molar-refractivity contribution in [2.24, 2.45) is 5.92 Å². The van der Waals surface area contributed by atoms with Crippen LogP contribution in [-0.2, 0) is 4.74 Å². The third-order valence-corrected chi connectivity index (χ3v) is 3.98. The van der Waals surface area contributed by atoms with Crippen molar-refractivity contribution in [3.05, 3.63) is 29.1 Å². The van der Waals surface area contributed by atoms with E-state index in [1.165, 1.54) is 24.2 Å². The molecule has 2 N–H and O–H groups in total. The topological polar surface area (TPSA) is 52.3 Å². The summed E-state index contributed by atoms with van der Waals surface area (Å²) in [5, 5.41) is 1.01. The average molecular weight is 247 g/mol. The smallest absolute Gasteiger partial charge is 0.348 e. The fourth-order valence-electron chi connectivity index (χ4n) is 1.71. The number of ether oxygens (including phenoxy) is 1. The minimum Gasteiger partial charge on any atom is -0.461 e. The first-order chi connectivity index (χ1) is 8.22. The van der Waals surface area contributed by atoms with Gasteiger partial charge >= 0.3 is 5.97 Å². The zero-order valence-corrected chi connectivity index (χ0v) is 10.1. The maximum absolute atomic E-state index is 11.8. The van der Waals surface area contributed by atoms with Gasteiger partial charge in [-0.25, -0.2) is 4.79 Å². The second-order valence-electron chi connectivity index (χ2n) is 4.45. The molecule has 0 unspecified atom stereocenters. The largest absolute Gasteiger partial charge is 0.461 e. The molecule has 1 fully saturated rings. The first-order valence-corrected chi connectivity index (χ1v) is 6.50. The molecular weight excluding hydrogens is 234 g/mol. The highest BCUT2D eigenvalue weighted by atomic mass is 32.1. The van der Waals surface area contributed by atoms with Gasteiger partial charge in [-0.2, -0.15) is 0 Å². The van der Waals surface area contributed by atoms with Crippen molar-refractivity contribution in [2.45, 2.75) is 12.8 Å². The van der Waals surface area contributed by atoms with E-state index in [-0.39, 0.29) is 5.97 Å². The number of fused-ring (bicyclic) bond motifs is 1. The molecule has 17 heavy (non-hydrogen) atoms. The molecule has 1 aliphatic carbocycles. The third-order valence-electron chi connectivity index (χ3n) is 2.89. The molecule has 3 rings (SSSR count). The molecule has 0 aliphatic heterocycles. The van der Waals surface area contributed by atoms with Crippen LogP contribution in [0, 0.1) is 5.92 Å². The first kappa shape index (κ1) is 10.6.